The lowest BCUT2D eigenvalue weighted by Gasteiger charge is -2.30. The number of hydrogen-bond donors (Lipinski definition) is 3. The Kier molecular flexibility index (Phi) is 8.15. The van der Waals surface area contributed by atoms with Crippen molar-refractivity contribution in [3.8, 4) is 5.75 Å². The maximum absolute atomic E-state index is 13.9. The second kappa shape index (κ2) is 11.4. The maximum atomic E-state index is 13.9. The number of amides is 2. The first kappa shape index (κ1) is 28.0. The highest BCUT2D eigenvalue weighted by molar-refractivity contribution is 6.57. The van der Waals surface area contributed by atoms with E-state index in [1.165, 1.54) is 18.2 Å². The number of para-hydroxylation sites is 1. The van der Waals surface area contributed by atoms with E-state index in [1.807, 2.05) is 0 Å². The molecule has 0 saturated heterocycles. The fourth-order valence-corrected chi connectivity index (χ4v) is 5.23. The van der Waals surface area contributed by atoms with Crippen molar-refractivity contribution in [3.63, 3.8) is 0 Å². The molecule has 206 valence electrons. The molecule has 1 fully saturated rings. The van der Waals surface area contributed by atoms with Gasteiger partial charge in [-0.25, -0.2) is 9.29 Å². The number of anilines is 2. The Morgan fingerprint density at radius 2 is 1.90 bits per heavy atom. The van der Waals surface area contributed by atoms with Gasteiger partial charge in [-0.3, -0.25) is 19.8 Å². The number of likely N-dealkylation sites (N-methyl/N-ethyl adjacent to an activating group) is 1. The average molecular weight is 537 g/mol. The van der Waals surface area contributed by atoms with Gasteiger partial charge in [0, 0.05) is 12.1 Å². The SMILES string of the molecule is CC1=C(CN(C)C)C(=O)N(c2ccc(F)c(C)c2)C(=O)C1=NNc1cccc(C2CCCC(C(=O)O)C2)c1O. The number of phenolic OH excluding ortho intramolecular Hbond substituents is 1. The number of aliphatic carboxylic acids is 1. The molecule has 1 aliphatic heterocycles. The highest BCUT2D eigenvalue weighted by Crippen LogP contribution is 2.42. The number of nitrogens with one attached hydrogen (secondary N) is 1. The van der Waals surface area contributed by atoms with Gasteiger partial charge in [0.05, 0.1) is 17.3 Å². The summed E-state index contributed by atoms with van der Waals surface area (Å²) >= 11 is 0. The number of benzene rings is 2. The first-order chi connectivity index (χ1) is 18.5. The summed E-state index contributed by atoms with van der Waals surface area (Å²) in [5, 5.41) is 24.8. The van der Waals surface area contributed by atoms with Crippen molar-refractivity contribution in [2.24, 2.45) is 11.0 Å². The molecule has 2 amide bonds. The molecule has 4 rings (SSSR count). The monoisotopic (exact) mass is 536 g/mol. The van der Waals surface area contributed by atoms with Crippen LogP contribution in [0.2, 0.25) is 0 Å². The minimum Gasteiger partial charge on any atom is -0.505 e. The average Bonchev–Trinajstić information content (AvgIpc) is 2.89. The first-order valence-corrected chi connectivity index (χ1v) is 12.9. The summed E-state index contributed by atoms with van der Waals surface area (Å²) in [5.74, 6) is -3.10. The van der Waals surface area contributed by atoms with Gasteiger partial charge in [-0.15, -0.1) is 0 Å². The van der Waals surface area contributed by atoms with Crippen LogP contribution in [0, 0.1) is 18.7 Å². The molecular formula is C29H33FN4O5. The molecule has 9 nitrogen and oxygen atoms in total. The van der Waals surface area contributed by atoms with Crippen LogP contribution in [-0.2, 0) is 14.4 Å². The van der Waals surface area contributed by atoms with Crippen molar-refractivity contribution in [1.82, 2.24) is 4.90 Å². The lowest BCUT2D eigenvalue weighted by Crippen LogP contribution is -2.49. The van der Waals surface area contributed by atoms with Crippen LogP contribution in [0.15, 0.2) is 52.6 Å². The number of rotatable bonds is 7. The van der Waals surface area contributed by atoms with Crippen LogP contribution < -0.4 is 10.3 Å². The Bertz CT molecular complexity index is 1380. The number of hydrazone groups is 1. The Morgan fingerprint density at radius 1 is 1.15 bits per heavy atom. The van der Waals surface area contributed by atoms with E-state index in [9.17, 15) is 29.0 Å². The van der Waals surface area contributed by atoms with Crippen LogP contribution >= 0.6 is 0 Å². The van der Waals surface area contributed by atoms with Gasteiger partial charge in [-0.2, -0.15) is 5.10 Å². The van der Waals surface area contributed by atoms with E-state index in [0.717, 1.165) is 17.7 Å². The molecule has 2 unspecified atom stereocenters. The molecule has 1 heterocycles. The van der Waals surface area contributed by atoms with Crippen LogP contribution in [0.5, 0.6) is 5.75 Å². The minimum absolute atomic E-state index is 0.0122. The van der Waals surface area contributed by atoms with Crippen molar-refractivity contribution < 1.29 is 29.0 Å². The van der Waals surface area contributed by atoms with Crippen LogP contribution in [0.25, 0.3) is 0 Å². The summed E-state index contributed by atoms with van der Waals surface area (Å²) in [5.41, 5.74) is 4.95. The molecule has 1 saturated carbocycles. The van der Waals surface area contributed by atoms with E-state index < -0.39 is 29.5 Å². The van der Waals surface area contributed by atoms with Gasteiger partial charge in [-0.05, 0) is 94.1 Å². The summed E-state index contributed by atoms with van der Waals surface area (Å²) in [7, 11) is 3.60. The number of phenols is 1. The molecule has 2 atom stereocenters. The van der Waals surface area contributed by atoms with Crippen molar-refractivity contribution in [2.75, 3.05) is 31.0 Å². The molecule has 2 aromatic rings. The molecule has 0 radical (unpaired) electrons. The van der Waals surface area contributed by atoms with Crippen LogP contribution in [-0.4, -0.2) is 59.2 Å². The van der Waals surface area contributed by atoms with E-state index >= 15 is 0 Å². The minimum atomic E-state index is -0.832. The van der Waals surface area contributed by atoms with Gasteiger partial charge in [0.15, 0.2) is 5.71 Å². The Balaban J connectivity index is 1.70. The lowest BCUT2D eigenvalue weighted by molar-refractivity contribution is -0.143. The van der Waals surface area contributed by atoms with Gasteiger partial charge in [0.1, 0.15) is 11.6 Å². The smallest absolute Gasteiger partial charge is 0.306 e. The zero-order chi connectivity index (χ0) is 28.4. The molecule has 10 heteroatoms. The highest BCUT2D eigenvalue weighted by Gasteiger charge is 2.38. The maximum Gasteiger partial charge on any atom is 0.306 e. The number of imide groups is 1. The Hall–Kier alpha value is -4.05. The van der Waals surface area contributed by atoms with Gasteiger partial charge in [0.25, 0.3) is 11.8 Å². The van der Waals surface area contributed by atoms with Crippen LogP contribution in [0.4, 0.5) is 15.8 Å². The largest absolute Gasteiger partial charge is 0.505 e. The number of nitrogens with zero attached hydrogens (tertiary/aromatic N) is 3. The number of aromatic hydroxyl groups is 1. The van der Waals surface area contributed by atoms with Gasteiger partial charge in [0.2, 0.25) is 0 Å². The molecule has 0 aromatic heterocycles. The Labute approximate surface area is 226 Å². The molecular weight excluding hydrogens is 503 g/mol. The van der Waals surface area contributed by atoms with Gasteiger partial charge in [-0.1, -0.05) is 18.6 Å². The van der Waals surface area contributed by atoms with Crippen LogP contribution in [0.1, 0.15) is 49.7 Å². The third-order valence-corrected chi connectivity index (χ3v) is 7.37. The van der Waals surface area contributed by atoms with E-state index in [4.69, 9.17) is 0 Å². The second-order valence-electron chi connectivity index (χ2n) is 10.4. The number of hydrogen-bond acceptors (Lipinski definition) is 7. The number of carbonyl (C=O) groups is 3. The van der Waals surface area contributed by atoms with E-state index in [0.29, 0.717) is 35.1 Å². The fourth-order valence-electron chi connectivity index (χ4n) is 5.23. The van der Waals surface area contributed by atoms with Crippen molar-refractivity contribution >= 4 is 34.9 Å². The molecule has 0 spiro atoms. The molecule has 2 aromatic carbocycles. The molecule has 2 aliphatic rings. The summed E-state index contributed by atoms with van der Waals surface area (Å²) in [6.45, 7) is 3.45. The number of carbonyl (C=O) groups excluding carboxylic acids is 2. The van der Waals surface area contributed by atoms with Crippen LogP contribution in [0.3, 0.4) is 0 Å². The second-order valence-corrected chi connectivity index (χ2v) is 10.4. The predicted octanol–water partition coefficient (Wildman–Crippen LogP) is 4.42. The summed E-state index contributed by atoms with van der Waals surface area (Å²) in [6.07, 6.45) is 2.56. The van der Waals surface area contributed by atoms with Crippen molar-refractivity contribution in [3.05, 3.63) is 64.5 Å². The van der Waals surface area contributed by atoms with E-state index in [-0.39, 0.29) is 35.3 Å². The number of aryl methyl sites for hydroxylation is 1. The van der Waals surface area contributed by atoms with Crippen molar-refractivity contribution in [1.29, 1.82) is 0 Å². The standard InChI is InChI=1S/C29H33FN4O5/c1-16-13-20(11-12-23(16)30)34-27(36)22(15-33(3)4)17(2)25(28(34)37)32-31-24-10-6-9-21(26(24)35)18-7-5-8-19(14-18)29(38)39/h6,9-13,18-19,31,35H,5,7-8,14-15H2,1-4H3,(H,38,39). The zero-order valence-corrected chi connectivity index (χ0v) is 22.5. The molecule has 0 bridgehead atoms. The summed E-state index contributed by atoms with van der Waals surface area (Å²) in [4.78, 5) is 41.3. The zero-order valence-electron chi connectivity index (χ0n) is 22.5. The molecule has 3 N–H and O–H groups in total. The third kappa shape index (κ3) is 5.70. The first-order valence-electron chi connectivity index (χ1n) is 12.9. The normalized spacial score (nSPS) is 21.2. The van der Waals surface area contributed by atoms with Gasteiger partial charge >= 0.3 is 5.97 Å². The quantitative estimate of drug-likeness (QED) is 0.272. The lowest BCUT2D eigenvalue weighted by atomic mass is 9.77. The third-order valence-electron chi connectivity index (χ3n) is 7.37. The summed E-state index contributed by atoms with van der Waals surface area (Å²) in [6, 6.07) is 9.14. The molecule has 39 heavy (non-hydrogen) atoms. The van der Waals surface area contributed by atoms with E-state index in [1.54, 1.807) is 51.0 Å². The van der Waals surface area contributed by atoms with Crippen molar-refractivity contribution in [2.45, 2.75) is 45.4 Å². The topological polar surface area (TPSA) is 123 Å². The van der Waals surface area contributed by atoms with E-state index in [2.05, 4.69) is 10.5 Å². The highest BCUT2D eigenvalue weighted by atomic mass is 19.1. The predicted molar refractivity (Wildman–Crippen MR) is 146 cm³/mol. The molecule has 1 aliphatic carbocycles. The number of carboxylic acids is 1. The summed E-state index contributed by atoms with van der Waals surface area (Å²) < 4.78 is 13.9. The number of halogens is 1. The van der Waals surface area contributed by atoms with Gasteiger partial charge < -0.3 is 15.1 Å². The number of carboxylic acid groups (broad SMARTS) is 1. The fraction of sp³-hybridized carbons (Fsp3) is 0.379. The Morgan fingerprint density at radius 3 is 2.56 bits per heavy atom.